The summed E-state index contributed by atoms with van der Waals surface area (Å²) in [5.41, 5.74) is -0.752. The molecule has 0 atom stereocenters. The van der Waals surface area contributed by atoms with Gasteiger partial charge in [-0.05, 0) is 33.6 Å². The van der Waals surface area contributed by atoms with Gasteiger partial charge >= 0.3 is 6.09 Å². The Hall–Kier alpha value is -1.06. The molecule has 0 aliphatic carbocycles. The van der Waals surface area contributed by atoms with Crippen LogP contribution in [0.4, 0.5) is 4.79 Å². The van der Waals surface area contributed by atoms with E-state index in [1.165, 1.54) is 0 Å². The lowest BCUT2D eigenvalue weighted by Crippen LogP contribution is -2.47. The highest BCUT2D eigenvalue weighted by Crippen LogP contribution is 2.34. The van der Waals surface area contributed by atoms with Gasteiger partial charge in [0.25, 0.3) is 0 Å². The molecule has 1 aliphatic heterocycles. The zero-order chi connectivity index (χ0) is 14.8. The Labute approximate surface area is 116 Å². The van der Waals surface area contributed by atoms with Crippen molar-refractivity contribution in [3.05, 3.63) is 0 Å². The fourth-order valence-electron chi connectivity index (χ4n) is 2.45. The van der Waals surface area contributed by atoms with Gasteiger partial charge in [0.1, 0.15) is 11.4 Å². The predicted molar refractivity (Wildman–Crippen MR) is 75.0 cm³/mol. The van der Waals surface area contributed by atoms with Crippen LogP contribution in [0.15, 0.2) is 0 Å². The van der Waals surface area contributed by atoms with E-state index in [1.807, 2.05) is 41.5 Å². The van der Waals surface area contributed by atoms with Gasteiger partial charge in [-0.1, -0.05) is 20.8 Å². The molecule has 0 aromatic rings. The highest BCUT2D eigenvalue weighted by Gasteiger charge is 2.39. The van der Waals surface area contributed by atoms with Crippen molar-refractivity contribution in [2.45, 2.75) is 60.0 Å². The minimum atomic E-state index is -0.467. The first-order valence-electron chi connectivity index (χ1n) is 7.07. The summed E-state index contributed by atoms with van der Waals surface area (Å²) in [6, 6.07) is 0. The monoisotopic (exact) mass is 269 g/mol. The summed E-state index contributed by atoms with van der Waals surface area (Å²) in [5.74, 6) is 0.356. The molecule has 1 saturated heterocycles. The predicted octanol–water partition coefficient (Wildman–Crippen LogP) is 3.25. The van der Waals surface area contributed by atoms with E-state index in [9.17, 15) is 9.59 Å². The molecule has 1 rings (SSSR count). The van der Waals surface area contributed by atoms with Crippen LogP contribution in [0, 0.1) is 11.3 Å². The van der Waals surface area contributed by atoms with Crippen LogP contribution in [-0.4, -0.2) is 35.5 Å². The molecule has 1 amide bonds. The number of Topliss-reactive ketones (excluding diaryl/α,β-unsaturated/α-hetero) is 1. The molecule has 4 heteroatoms. The van der Waals surface area contributed by atoms with E-state index >= 15 is 0 Å². The molecule has 1 heterocycles. The van der Waals surface area contributed by atoms with E-state index in [-0.39, 0.29) is 17.4 Å². The average Bonchev–Trinajstić information content (AvgIpc) is 2.26. The standard InChI is InChI=1S/C15H27NO3/c1-11(2)12(17)15(6)7-9-16(10-8-15)13(18)19-14(3,4)5/h11H,7-10H2,1-6H3. The molecular weight excluding hydrogens is 242 g/mol. The lowest BCUT2D eigenvalue weighted by atomic mass is 9.73. The molecule has 110 valence electrons. The Bertz CT molecular complexity index is 347. The second-order valence-corrected chi connectivity index (χ2v) is 7.05. The Balaban J connectivity index is 2.58. The van der Waals surface area contributed by atoms with Gasteiger partial charge in [0.2, 0.25) is 0 Å². The van der Waals surface area contributed by atoms with Crippen LogP contribution in [0.25, 0.3) is 0 Å². The van der Waals surface area contributed by atoms with E-state index in [2.05, 4.69) is 0 Å². The van der Waals surface area contributed by atoms with Crippen LogP contribution < -0.4 is 0 Å². The molecule has 0 unspecified atom stereocenters. The number of carbonyl (C=O) groups is 2. The van der Waals surface area contributed by atoms with Crippen LogP contribution in [-0.2, 0) is 9.53 Å². The number of carbonyl (C=O) groups excluding carboxylic acids is 2. The topological polar surface area (TPSA) is 46.6 Å². The van der Waals surface area contributed by atoms with E-state index in [4.69, 9.17) is 4.74 Å². The van der Waals surface area contributed by atoms with Crippen LogP contribution in [0.2, 0.25) is 0 Å². The number of ether oxygens (including phenoxy) is 1. The summed E-state index contributed by atoms with van der Waals surface area (Å²) < 4.78 is 5.36. The van der Waals surface area contributed by atoms with Gasteiger partial charge in [-0.3, -0.25) is 4.79 Å². The number of amides is 1. The number of hydrogen-bond acceptors (Lipinski definition) is 3. The molecule has 0 spiro atoms. The second-order valence-electron chi connectivity index (χ2n) is 7.05. The SMILES string of the molecule is CC(C)C(=O)C1(C)CCN(C(=O)OC(C)(C)C)CC1. The molecule has 0 radical (unpaired) electrons. The van der Waals surface area contributed by atoms with Crippen molar-refractivity contribution in [3.8, 4) is 0 Å². The lowest BCUT2D eigenvalue weighted by molar-refractivity contribution is -0.133. The molecule has 0 bridgehead atoms. The van der Waals surface area contributed by atoms with E-state index in [0.29, 0.717) is 18.9 Å². The molecule has 0 aromatic heterocycles. The van der Waals surface area contributed by atoms with Crippen molar-refractivity contribution < 1.29 is 14.3 Å². The highest BCUT2D eigenvalue weighted by molar-refractivity contribution is 5.86. The van der Waals surface area contributed by atoms with Crippen molar-refractivity contribution in [3.63, 3.8) is 0 Å². The third-order valence-electron chi connectivity index (χ3n) is 3.64. The van der Waals surface area contributed by atoms with E-state index < -0.39 is 5.60 Å². The number of likely N-dealkylation sites (tertiary alicyclic amines) is 1. The van der Waals surface area contributed by atoms with Crippen molar-refractivity contribution in [1.82, 2.24) is 4.90 Å². The largest absolute Gasteiger partial charge is 0.444 e. The van der Waals surface area contributed by atoms with Gasteiger partial charge in [0, 0.05) is 24.4 Å². The number of ketones is 1. The van der Waals surface area contributed by atoms with Crippen LogP contribution >= 0.6 is 0 Å². The van der Waals surface area contributed by atoms with Crippen molar-refractivity contribution in [2.24, 2.45) is 11.3 Å². The summed E-state index contributed by atoms with van der Waals surface area (Å²) in [7, 11) is 0. The van der Waals surface area contributed by atoms with Crippen LogP contribution in [0.3, 0.4) is 0 Å². The molecule has 0 saturated carbocycles. The molecule has 19 heavy (non-hydrogen) atoms. The molecular formula is C15H27NO3. The maximum Gasteiger partial charge on any atom is 0.410 e. The maximum atomic E-state index is 12.2. The maximum absolute atomic E-state index is 12.2. The Kier molecular flexibility index (Phi) is 4.64. The number of nitrogens with zero attached hydrogens (tertiary/aromatic N) is 1. The summed E-state index contributed by atoms with van der Waals surface area (Å²) in [6.45, 7) is 12.7. The first kappa shape index (κ1) is 16.0. The summed E-state index contributed by atoms with van der Waals surface area (Å²) in [6.07, 6.45) is 1.18. The molecule has 4 nitrogen and oxygen atoms in total. The lowest BCUT2D eigenvalue weighted by Gasteiger charge is -2.39. The fraction of sp³-hybridized carbons (Fsp3) is 0.867. The fourth-order valence-corrected chi connectivity index (χ4v) is 2.45. The summed E-state index contributed by atoms with van der Waals surface area (Å²) in [4.78, 5) is 25.8. The Morgan fingerprint density at radius 1 is 1.16 bits per heavy atom. The van der Waals surface area contributed by atoms with Crippen molar-refractivity contribution in [1.29, 1.82) is 0 Å². The Morgan fingerprint density at radius 2 is 1.63 bits per heavy atom. The number of hydrogen-bond donors (Lipinski definition) is 0. The molecule has 0 aromatic carbocycles. The van der Waals surface area contributed by atoms with Crippen LogP contribution in [0.5, 0.6) is 0 Å². The summed E-state index contributed by atoms with van der Waals surface area (Å²) >= 11 is 0. The van der Waals surface area contributed by atoms with Crippen LogP contribution in [0.1, 0.15) is 54.4 Å². The van der Waals surface area contributed by atoms with Gasteiger partial charge < -0.3 is 9.64 Å². The van der Waals surface area contributed by atoms with Gasteiger partial charge in [-0.15, -0.1) is 0 Å². The second kappa shape index (κ2) is 5.51. The molecule has 0 N–H and O–H groups in total. The van der Waals surface area contributed by atoms with Gasteiger partial charge in [0.15, 0.2) is 0 Å². The average molecular weight is 269 g/mol. The zero-order valence-corrected chi connectivity index (χ0v) is 13.1. The minimum Gasteiger partial charge on any atom is -0.444 e. The first-order valence-corrected chi connectivity index (χ1v) is 7.07. The highest BCUT2D eigenvalue weighted by atomic mass is 16.6. The molecule has 1 fully saturated rings. The first-order chi connectivity index (χ1) is 8.55. The van der Waals surface area contributed by atoms with Crippen molar-refractivity contribution >= 4 is 11.9 Å². The smallest absolute Gasteiger partial charge is 0.410 e. The minimum absolute atomic E-state index is 0.0538. The number of piperidine rings is 1. The summed E-state index contributed by atoms with van der Waals surface area (Å²) in [5, 5.41) is 0. The van der Waals surface area contributed by atoms with E-state index in [0.717, 1.165) is 12.8 Å². The number of rotatable bonds is 2. The quantitative estimate of drug-likeness (QED) is 0.773. The normalized spacial score (nSPS) is 19.4. The Morgan fingerprint density at radius 3 is 2.00 bits per heavy atom. The van der Waals surface area contributed by atoms with Gasteiger partial charge in [0.05, 0.1) is 0 Å². The third-order valence-corrected chi connectivity index (χ3v) is 3.64. The van der Waals surface area contributed by atoms with Crippen molar-refractivity contribution in [2.75, 3.05) is 13.1 Å². The third kappa shape index (κ3) is 4.22. The molecule has 1 aliphatic rings. The van der Waals surface area contributed by atoms with Gasteiger partial charge in [-0.25, -0.2) is 4.79 Å². The van der Waals surface area contributed by atoms with E-state index in [1.54, 1.807) is 4.90 Å². The zero-order valence-electron chi connectivity index (χ0n) is 13.1. The van der Waals surface area contributed by atoms with Gasteiger partial charge in [-0.2, -0.15) is 0 Å².